The Kier molecular flexibility index (Phi) is 6.71. The topological polar surface area (TPSA) is 19.6 Å². The first-order valence-corrected chi connectivity index (χ1v) is 23.4. The number of para-hydroxylation sites is 3. The fraction of sp³-hybridized carbons (Fsp3) is 0.148. The molecule has 0 bridgehead atoms. The van der Waals surface area contributed by atoms with Crippen LogP contribution in [-0.2, 0) is 16.2 Å². The van der Waals surface area contributed by atoms with Gasteiger partial charge in [0.1, 0.15) is 5.58 Å². The minimum atomic E-state index is -0.520. The van der Waals surface area contributed by atoms with Crippen LogP contribution in [0.25, 0.3) is 55.0 Å². The first kappa shape index (κ1) is 36.1. The van der Waals surface area contributed by atoms with Gasteiger partial charge in [-0.2, -0.15) is 0 Å². The first-order valence-electron chi connectivity index (χ1n) is 23.4. The van der Waals surface area contributed by atoms with E-state index in [0.717, 1.165) is 34.0 Å². The molecule has 15 rings (SSSR count). The van der Waals surface area contributed by atoms with E-state index in [0.29, 0.717) is 0 Å². The van der Waals surface area contributed by atoms with E-state index < -0.39 is 5.41 Å². The van der Waals surface area contributed by atoms with Crippen molar-refractivity contribution in [3.05, 3.63) is 209 Å². The summed E-state index contributed by atoms with van der Waals surface area (Å²) in [6, 6.07) is 67.1. The van der Waals surface area contributed by atoms with Crippen molar-refractivity contribution in [2.75, 3.05) is 9.71 Å². The maximum Gasteiger partial charge on any atom is 0.333 e. The standard InChI is InChI=1S/C61H45BN2O/c1-59(2)32-33-60(3,4)49-35-37(28-31-46(49)59)64-56-43(30-29-42-41-20-9-14-27-53(41)65-58(42)56)54-38-17-6-5-16-36(38)34-52-55(54)62(64)50-25-15-24-48-57(50)63(52)51-26-13-12-23-47(51)61(48)44-21-10-7-18-39(44)40-19-8-11-22-45(40)61/h5-31,34-35H,32-33H2,1-4H3. The van der Waals surface area contributed by atoms with Crippen molar-refractivity contribution < 1.29 is 4.42 Å². The molecule has 1 aromatic heterocycles. The van der Waals surface area contributed by atoms with Gasteiger partial charge < -0.3 is 14.1 Å². The number of fused-ring (bicyclic) bond motifs is 20. The summed E-state index contributed by atoms with van der Waals surface area (Å²) in [7, 11) is 0. The normalized spacial score (nSPS) is 17.1. The summed E-state index contributed by atoms with van der Waals surface area (Å²) in [6.07, 6.45) is 2.32. The molecule has 308 valence electrons. The first-order chi connectivity index (χ1) is 31.8. The fourth-order valence-electron chi connectivity index (χ4n) is 13.5. The van der Waals surface area contributed by atoms with Gasteiger partial charge >= 0.3 is 6.85 Å². The highest BCUT2D eigenvalue weighted by atomic mass is 16.3. The van der Waals surface area contributed by atoms with Crippen molar-refractivity contribution in [2.24, 2.45) is 0 Å². The van der Waals surface area contributed by atoms with Crippen molar-refractivity contribution >= 4 is 78.9 Å². The zero-order chi connectivity index (χ0) is 43.1. The summed E-state index contributed by atoms with van der Waals surface area (Å²) in [4.78, 5) is 5.35. The number of nitrogens with zero attached hydrogens (tertiary/aromatic N) is 2. The predicted octanol–water partition coefficient (Wildman–Crippen LogP) is 14.5. The maximum atomic E-state index is 7.17. The molecule has 0 atom stereocenters. The Bertz CT molecular complexity index is 3730. The van der Waals surface area contributed by atoms with Gasteiger partial charge in [0.2, 0.25) is 0 Å². The van der Waals surface area contributed by atoms with Gasteiger partial charge in [-0.05, 0) is 132 Å². The van der Waals surface area contributed by atoms with Crippen molar-refractivity contribution in [3.8, 4) is 22.3 Å². The van der Waals surface area contributed by atoms with Crippen molar-refractivity contribution in [1.29, 1.82) is 0 Å². The lowest BCUT2D eigenvalue weighted by molar-refractivity contribution is 0.332. The Labute approximate surface area is 379 Å². The van der Waals surface area contributed by atoms with Gasteiger partial charge in [0.05, 0.1) is 16.8 Å². The predicted molar refractivity (Wildman–Crippen MR) is 271 cm³/mol. The van der Waals surface area contributed by atoms with Crippen LogP contribution in [0.4, 0.5) is 28.4 Å². The van der Waals surface area contributed by atoms with E-state index in [2.05, 4.69) is 213 Å². The fourth-order valence-corrected chi connectivity index (χ4v) is 13.5. The summed E-state index contributed by atoms with van der Waals surface area (Å²) in [5.41, 5.74) is 23.6. The van der Waals surface area contributed by atoms with Gasteiger partial charge in [-0.3, -0.25) is 0 Å². The van der Waals surface area contributed by atoms with Crippen LogP contribution in [0, 0.1) is 0 Å². The molecule has 4 heteroatoms. The van der Waals surface area contributed by atoms with Crippen molar-refractivity contribution in [2.45, 2.75) is 56.8 Å². The number of benzene rings is 9. The quantitative estimate of drug-likeness (QED) is 0.154. The molecule has 10 aromatic rings. The second kappa shape index (κ2) is 12.1. The third-order valence-corrected chi connectivity index (χ3v) is 16.5. The van der Waals surface area contributed by atoms with E-state index in [4.69, 9.17) is 4.42 Å². The summed E-state index contributed by atoms with van der Waals surface area (Å²) in [5, 5.41) is 4.79. The molecule has 0 radical (unpaired) electrons. The van der Waals surface area contributed by atoms with Gasteiger partial charge in [0, 0.05) is 33.4 Å². The largest absolute Gasteiger partial charge is 0.454 e. The Morgan fingerprint density at radius 1 is 0.477 bits per heavy atom. The molecule has 5 aliphatic rings. The van der Waals surface area contributed by atoms with E-state index in [1.54, 1.807) is 0 Å². The third kappa shape index (κ3) is 4.30. The van der Waals surface area contributed by atoms with E-state index in [1.165, 1.54) is 107 Å². The number of furan rings is 1. The second-order valence-electron chi connectivity index (χ2n) is 20.5. The van der Waals surface area contributed by atoms with Crippen LogP contribution in [0.5, 0.6) is 0 Å². The number of hydrogen-bond acceptors (Lipinski definition) is 3. The smallest absolute Gasteiger partial charge is 0.333 e. The molecular weight excluding hydrogens is 787 g/mol. The highest BCUT2D eigenvalue weighted by Gasteiger charge is 2.56. The molecule has 3 aliphatic heterocycles. The molecule has 0 unspecified atom stereocenters. The molecule has 9 aromatic carbocycles. The molecular formula is C61H45BN2O. The van der Waals surface area contributed by atoms with Crippen molar-refractivity contribution in [3.63, 3.8) is 0 Å². The minimum absolute atomic E-state index is 0.0265. The highest BCUT2D eigenvalue weighted by Crippen LogP contribution is 2.64. The van der Waals surface area contributed by atoms with Crippen LogP contribution < -0.4 is 20.6 Å². The molecule has 65 heavy (non-hydrogen) atoms. The van der Waals surface area contributed by atoms with Gasteiger partial charge in [0.15, 0.2) is 5.58 Å². The lowest BCUT2D eigenvalue weighted by atomic mass is 9.42. The summed E-state index contributed by atoms with van der Waals surface area (Å²) < 4.78 is 7.17. The molecule has 2 aliphatic carbocycles. The average Bonchev–Trinajstić information content (AvgIpc) is 3.86. The molecule has 0 fully saturated rings. The SMILES string of the molecule is CC1(C)CCC(C)(C)c2cc(N3B4c5cccc6c5N(c5ccccc5C65c6ccccc6-c6ccccc65)c5cc6ccccc6c(c54)-c4ccc5c(oc6ccccc65)c43)ccc21. The van der Waals surface area contributed by atoms with Crippen LogP contribution in [0.1, 0.15) is 73.9 Å². The van der Waals surface area contributed by atoms with Crippen molar-refractivity contribution in [1.82, 2.24) is 0 Å². The minimum Gasteiger partial charge on any atom is -0.454 e. The molecule has 1 spiro atoms. The Morgan fingerprint density at radius 2 is 1.14 bits per heavy atom. The number of rotatable bonds is 1. The lowest BCUT2D eigenvalue weighted by Crippen LogP contribution is -2.62. The van der Waals surface area contributed by atoms with Crippen LogP contribution in [-0.4, -0.2) is 6.85 Å². The molecule has 0 amide bonds. The second-order valence-corrected chi connectivity index (χ2v) is 20.5. The van der Waals surface area contributed by atoms with Crippen LogP contribution in [0.3, 0.4) is 0 Å². The van der Waals surface area contributed by atoms with E-state index in [-0.39, 0.29) is 17.7 Å². The van der Waals surface area contributed by atoms with Gasteiger partial charge in [0.25, 0.3) is 0 Å². The number of anilines is 5. The van der Waals surface area contributed by atoms with E-state index in [9.17, 15) is 0 Å². The zero-order valence-corrected chi connectivity index (χ0v) is 37.0. The Morgan fingerprint density at radius 3 is 1.94 bits per heavy atom. The third-order valence-electron chi connectivity index (χ3n) is 16.5. The van der Waals surface area contributed by atoms with E-state index in [1.807, 2.05) is 0 Å². The Hall–Kier alpha value is -7.30. The summed E-state index contributed by atoms with van der Waals surface area (Å²) in [6.45, 7) is 9.59. The maximum absolute atomic E-state index is 7.17. The van der Waals surface area contributed by atoms with Gasteiger partial charge in [-0.1, -0.05) is 167 Å². The zero-order valence-electron chi connectivity index (χ0n) is 37.0. The number of hydrogen-bond donors (Lipinski definition) is 0. The van der Waals surface area contributed by atoms with Gasteiger partial charge in [-0.25, -0.2) is 0 Å². The Balaban J connectivity index is 1.13. The molecule has 3 nitrogen and oxygen atoms in total. The lowest BCUT2D eigenvalue weighted by Gasteiger charge is -2.51. The average molecular weight is 833 g/mol. The monoisotopic (exact) mass is 832 g/mol. The van der Waals surface area contributed by atoms with Crippen LogP contribution in [0.15, 0.2) is 180 Å². The molecule has 0 saturated heterocycles. The van der Waals surface area contributed by atoms with Gasteiger partial charge in [-0.15, -0.1) is 0 Å². The van der Waals surface area contributed by atoms with Crippen LogP contribution >= 0.6 is 0 Å². The highest BCUT2D eigenvalue weighted by molar-refractivity contribution is 6.94. The molecule has 0 saturated carbocycles. The van der Waals surface area contributed by atoms with E-state index >= 15 is 0 Å². The summed E-state index contributed by atoms with van der Waals surface area (Å²) in [5.74, 6) is 0. The summed E-state index contributed by atoms with van der Waals surface area (Å²) >= 11 is 0. The molecule has 4 heterocycles. The molecule has 0 N–H and O–H groups in total. The van der Waals surface area contributed by atoms with Crippen LogP contribution in [0.2, 0.25) is 0 Å².